The Morgan fingerprint density at radius 1 is 1.16 bits per heavy atom. The molecule has 0 aromatic heterocycles. The molecule has 2 fully saturated rings. The van der Waals surface area contributed by atoms with Crippen LogP contribution in [0.4, 0.5) is 4.79 Å². The molecular weight excluding hydrogens is 408 g/mol. The van der Waals surface area contributed by atoms with Gasteiger partial charge in [-0.05, 0) is 56.9 Å². The van der Waals surface area contributed by atoms with Crippen LogP contribution >= 0.6 is 0 Å². The van der Waals surface area contributed by atoms with Crippen LogP contribution in [0.15, 0.2) is 30.3 Å². The van der Waals surface area contributed by atoms with Crippen molar-refractivity contribution in [1.82, 2.24) is 10.2 Å². The monoisotopic (exact) mass is 446 g/mol. The van der Waals surface area contributed by atoms with Gasteiger partial charge in [0.15, 0.2) is 0 Å². The molecule has 1 N–H and O–H groups in total. The van der Waals surface area contributed by atoms with Crippen LogP contribution in [-0.4, -0.2) is 47.1 Å². The molecule has 1 aliphatic carbocycles. The minimum absolute atomic E-state index is 0. The van der Waals surface area contributed by atoms with E-state index in [-0.39, 0.29) is 31.7 Å². The third-order valence-corrected chi connectivity index (χ3v) is 6.24. The number of likely N-dealkylation sites (tertiary alicyclic amines) is 1. The van der Waals surface area contributed by atoms with Crippen molar-refractivity contribution in [1.29, 1.82) is 0 Å². The van der Waals surface area contributed by atoms with Crippen LogP contribution in [0.1, 0.15) is 60.9 Å². The van der Waals surface area contributed by atoms with Crippen molar-refractivity contribution in [2.75, 3.05) is 6.54 Å². The van der Waals surface area contributed by atoms with Gasteiger partial charge in [-0.3, -0.25) is 4.79 Å². The molecule has 2 aliphatic rings. The predicted octanol–water partition coefficient (Wildman–Crippen LogP) is 4.15. The Morgan fingerprint density at radius 3 is 2.47 bits per heavy atom. The quantitative estimate of drug-likeness (QED) is 0.664. The van der Waals surface area contributed by atoms with Crippen molar-refractivity contribution in [3.8, 4) is 0 Å². The zero-order chi connectivity index (χ0) is 23.5. The summed E-state index contributed by atoms with van der Waals surface area (Å²) in [7, 11) is 0. The summed E-state index contributed by atoms with van der Waals surface area (Å²) in [6.45, 7) is 9.90. The number of benzene rings is 1. The second kappa shape index (κ2) is 9.92. The van der Waals surface area contributed by atoms with Gasteiger partial charge in [-0.15, -0.1) is 0 Å². The van der Waals surface area contributed by atoms with Gasteiger partial charge < -0.3 is 19.7 Å². The number of amides is 2. The largest absolute Gasteiger partial charge is 0.458 e. The molecule has 1 heterocycles. The van der Waals surface area contributed by atoms with Gasteiger partial charge >= 0.3 is 12.1 Å². The third-order valence-electron chi connectivity index (χ3n) is 6.24. The van der Waals surface area contributed by atoms with Crippen LogP contribution < -0.4 is 5.32 Å². The highest BCUT2D eigenvalue weighted by atomic mass is 16.6. The number of hydrogen-bond acceptors (Lipinski definition) is 5. The van der Waals surface area contributed by atoms with E-state index in [1.54, 1.807) is 4.90 Å². The van der Waals surface area contributed by atoms with Crippen LogP contribution in [0.5, 0.6) is 0 Å². The molecule has 4 atom stereocenters. The van der Waals surface area contributed by atoms with Crippen molar-refractivity contribution < 1.29 is 25.3 Å². The standard InChI is InChI=1S/C25H36N2O5.H2/c1-16(2)20(26-24(30)31-15-17-10-7-6-8-11-17)22(28)27-14-18-12-9-13-19(18)21(27)23(29)32-25(3,4)5;/h6-8,10-11,16,18-21H,9,12-15H2,1-5H3,(H,26,30);1H/t18-,19-,20-,21-;/m0./s1. The van der Waals surface area contributed by atoms with Crippen LogP contribution in [0.2, 0.25) is 0 Å². The van der Waals surface area contributed by atoms with E-state index in [1.165, 1.54) is 0 Å². The van der Waals surface area contributed by atoms with Gasteiger partial charge in [-0.2, -0.15) is 0 Å². The van der Waals surface area contributed by atoms with Crippen molar-refractivity contribution in [3.05, 3.63) is 35.9 Å². The van der Waals surface area contributed by atoms with Crippen molar-refractivity contribution in [3.63, 3.8) is 0 Å². The van der Waals surface area contributed by atoms with Gasteiger partial charge in [0.1, 0.15) is 24.3 Å². The van der Waals surface area contributed by atoms with Gasteiger partial charge in [0.25, 0.3) is 0 Å². The van der Waals surface area contributed by atoms with Crippen LogP contribution in [0.25, 0.3) is 0 Å². The number of nitrogens with one attached hydrogen (secondary N) is 1. The minimum Gasteiger partial charge on any atom is -0.458 e. The Kier molecular flexibility index (Phi) is 7.47. The van der Waals surface area contributed by atoms with Gasteiger partial charge in [-0.1, -0.05) is 50.6 Å². The average molecular weight is 447 g/mol. The average Bonchev–Trinajstić information content (AvgIpc) is 3.30. The summed E-state index contributed by atoms with van der Waals surface area (Å²) >= 11 is 0. The first-order valence-corrected chi connectivity index (χ1v) is 11.6. The number of carbonyl (C=O) groups is 3. The van der Waals surface area contributed by atoms with E-state index in [9.17, 15) is 14.4 Å². The molecule has 3 rings (SSSR count). The molecule has 1 saturated heterocycles. The van der Waals surface area contributed by atoms with Crippen molar-refractivity contribution in [2.24, 2.45) is 17.8 Å². The Labute approximate surface area is 192 Å². The van der Waals surface area contributed by atoms with Gasteiger partial charge in [0.2, 0.25) is 5.91 Å². The molecule has 1 aromatic carbocycles. The molecule has 1 aliphatic heterocycles. The Hall–Kier alpha value is -2.57. The van der Waals surface area contributed by atoms with E-state index in [4.69, 9.17) is 9.47 Å². The number of carbonyl (C=O) groups excluding carboxylic acids is 3. The predicted molar refractivity (Wildman–Crippen MR) is 123 cm³/mol. The summed E-state index contributed by atoms with van der Waals surface area (Å²) in [5, 5.41) is 2.73. The molecule has 1 aromatic rings. The summed E-state index contributed by atoms with van der Waals surface area (Å²) < 4.78 is 11.0. The van der Waals surface area contributed by atoms with Crippen molar-refractivity contribution in [2.45, 2.75) is 78.2 Å². The number of ether oxygens (including phenoxy) is 2. The lowest BCUT2D eigenvalue weighted by atomic mass is 9.93. The molecular formula is C25H38N2O5. The summed E-state index contributed by atoms with van der Waals surface area (Å²) in [6, 6.07) is 8.00. The highest BCUT2D eigenvalue weighted by molar-refractivity contribution is 5.90. The number of nitrogens with zero attached hydrogens (tertiary/aromatic N) is 1. The number of esters is 1. The van der Waals surface area contributed by atoms with Crippen LogP contribution in [0.3, 0.4) is 0 Å². The fraction of sp³-hybridized carbons (Fsp3) is 0.640. The maximum atomic E-state index is 13.6. The fourth-order valence-electron chi connectivity index (χ4n) is 4.78. The topological polar surface area (TPSA) is 84.9 Å². The van der Waals surface area contributed by atoms with E-state index in [2.05, 4.69) is 5.32 Å². The molecule has 0 spiro atoms. The number of fused-ring (bicyclic) bond motifs is 1. The van der Waals surface area contributed by atoms with E-state index in [1.807, 2.05) is 65.0 Å². The smallest absolute Gasteiger partial charge is 0.408 e. The minimum atomic E-state index is -0.776. The second-order valence-corrected chi connectivity index (χ2v) is 10.3. The zero-order valence-electron chi connectivity index (χ0n) is 19.8. The number of alkyl carbamates (subject to hydrolysis) is 1. The van der Waals surface area contributed by atoms with E-state index in [0.717, 1.165) is 24.8 Å². The lowest BCUT2D eigenvalue weighted by molar-refractivity contribution is -0.165. The van der Waals surface area contributed by atoms with Gasteiger partial charge in [0, 0.05) is 7.97 Å². The first-order chi connectivity index (χ1) is 15.1. The maximum Gasteiger partial charge on any atom is 0.408 e. The molecule has 178 valence electrons. The molecule has 7 nitrogen and oxygen atoms in total. The fourth-order valence-corrected chi connectivity index (χ4v) is 4.78. The SMILES string of the molecule is CC(C)[C@H](NC(=O)OCc1ccccc1)C(=O)N1C[C@@H]2CCC[C@@H]2[C@H]1C(=O)OC(C)(C)C.[HH]. The highest BCUT2D eigenvalue weighted by Crippen LogP contribution is 2.43. The zero-order valence-corrected chi connectivity index (χ0v) is 19.8. The van der Waals surface area contributed by atoms with E-state index in [0.29, 0.717) is 12.5 Å². The second-order valence-electron chi connectivity index (χ2n) is 10.3. The third kappa shape index (κ3) is 5.81. The molecule has 2 amide bonds. The molecule has 0 unspecified atom stereocenters. The summed E-state index contributed by atoms with van der Waals surface area (Å²) in [6.07, 6.45) is 2.34. The molecule has 1 saturated carbocycles. The maximum absolute atomic E-state index is 13.6. The molecule has 0 bridgehead atoms. The van der Waals surface area contributed by atoms with E-state index >= 15 is 0 Å². The van der Waals surface area contributed by atoms with Crippen molar-refractivity contribution >= 4 is 18.0 Å². The van der Waals surface area contributed by atoms with Gasteiger partial charge in [-0.25, -0.2) is 9.59 Å². The lowest BCUT2D eigenvalue weighted by Crippen LogP contribution is -2.55. The highest BCUT2D eigenvalue weighted by Gasteiger charge is 2.52. The molecule has 0 radical (unpaired) electrons. The normalized spacial score (nSPS) is 23.6. The lowest BCUT2D eigenvalue weighted by Gasteiger charge is -2.33. The number of rotatable bonds is 6. The Morgan fingerprint density at radius 2 is 1.84 bits per heavy atom. The van der Waals surface area contributed by atoms with Crippen LogP contribution in [-0.2, 0) is 25.7 Å². The summed E-state index contributed by atoms with van der Waals surface area (Å²) in [5.74, 6) is -0.344. The van der Waals surface area contributed by atoms with Gasteiger partial charge in [0.05, 0.1) is 0 Å². The molecule has 7 heteroatoms. The first-order valence-electron chi connectivity index (χ1n) is 11.6. The van der Waals surface area contributed by atoms with E-state index < -0.39 is 23.8 Å². The summed E-state index contributed by atoms with van der Waals surface area (Å²) in [5.41, 5.74) is 0.242. The molecule has 32 heavy (non-hydrogen) atoms. The summed E-state index contributed by atoms with van der Waals surface area (Å²) in [4.78, 5) is 40.7. The van der Waals surface area contributed by atoms with Crippen LogP contribution in [0, 0.1) is 17.8 Å². The Bertz CT molecular complexity index is 824. The first kappa shape index (κ1) is 24.1. The number of hydrogen-bond donors (Lipinski definition) is 1. The Balaban J connectivity index is 0.00000385.